The number of esters is 1. The average Bonchev–Trinajstić information content (AvgIpc) is 3.13. The number of hydrogen-bond donors (Lipinski definition) is 0. The van der Waals surface area contributed by atoms with Crippen LogP contribution in [0.3, 0.4) is 0 Å². The monoisotopic (exact) mass is 376 g/mol. The molecule has 2 fully saturated rings. The van der Waals surface area contributed by atoms with Crippen LogP contribution in [0.2, 0.25) is 0 Å². The Labute approximate surface area is 164 Å². The predicted molar refractivity (Wildman–Crippen MR) is 105 cm³/mol. The summed E-state index contributed by atoms with van der Waals surface area (Å²) in [5.74, 6) is -0.232. The molecular weight excluding hydrogens is 340 g/mol. The first kappa shape index (κ1) is 21.7. The summed E-state index contributed by atoms with van der Waals surface area (Å²) in [5.41, 5.74) is 0.517. The van der Waals surface area contributed by atoms with Crippen molar-refractivity contribution in [3.63, 3.8) is 0 Å². The van der Waals surface area contributed by atoms with Gasteiger partial charge < -0.3 is 9.64 Å². The van der Waals surface area contributed by atoms with Gasteiger partial charge in [-0.25, -0.2) is 4.79 Å². The summed E-state index contributed by atoms with van der Waals surface area (Å²) in [7, 11) is 0. The minimum Gasteiger partial charge on any atom is -0.461 e. The fourth-order valence-electron chi connectivity index (χ4n) is 4.69. The molecule has 0 aromatic heterocycles. The highest BCUT2D eigenvalue weighted by Crippen LogP contribution is 2.57. The standard InChI is InChI=1S/C22H36N2O3/c1-15(10-12-23)19(25)24-13-7-8-18(24)20(26)27-16(2)14-17-9-11-21(3,4)22(17,5)6/h15-18H,7-11,13-14H2,1-6H3. The Kier molecular flexibility index (Phi) is 6.60. The van der Waals surface area contributed by atoms with Crippen LogP contribution in [0, 0.1) is 34.0 Å². The SMILES string of the molecule is CC(CC1CCC(C)(C)C1(C)C)OC(=O)C1CCCN1C(=O)C(C)CC#N. The molecule has 2 rings (SSSR count). The van der Waals surface area contributed by atoms with Gasteiger partial charge in [0.15, 0.2) is 0 Å². The van der Waals surface area contributed by atoms with Gasteiger partial charge in [-0.15, -0.1) is 0 Å². The van der Waals surface area contributed by atoms with Crippen molar-refractivity contribution in [3.05, 3.63) is 0 Å². The Balaban J connectivity index is 1.94. The third kappa shape index (κ3) is 4.47. The van der Waals surface area contributed by atoms with Gasteiger partial charge in [0.25, 0.3) is 0 Å². The fourth-order valence-corrected chi connectivity index (χ4v) is 4.69. The van der Waals surface area contributed by atoms with Gasteiger partial charge >= 0.3 is 5.97 Å². The third-order valence-corrected chi connectivity index (χ3v) is 7.44. The molecule has 0 spiro atoms. The molecule has 1 heterocycles. The van der Waals surface area contributed by atoms with Crippen molar-refractivity contribution in [1.29, 1.82) is 5.26 Å². The van der Waals surface area contributed by atoms with Crippen molar-refractivity contribution < 1.29 is 14.3 Å². The molecule has 0 aromatic rings. The van der Waals surface area contributed by atoms with Crippen molar-refractivity contribution in [2.45, 2.75) is 92.2 Å². The lowest BCUT2D eigenvalue weighted by molar-refractivity contribution is -0.159. The Bertz CT molecular complexity index is 605. The van der Waals surface area contributed by atoms with E-state index in [4.69, 9.17) is 10.00 Å². The van der Waals surface area contributed by atoms with Crippen LogP contribution in [0.25, 0.3) is 0 Å². The minimum atomic E-state index is -0.492. The van der Waals surface area contributed by atoms with Crippen LogP contribution in [-0.2, 0) is 14.3 Å². The molecule has 5 heteroatoms. The summed E-state index contributed by atoms with van der Waals surface area (Å²) in [4.78, 5) is 26.9. The molecule has 0 aromatic carbocycles. The number of hydrogen-bond acceptors (Lipinski definition) is 4. The maximum Gasteiger partial charge on any atom is 0.329 e. The van der Waals surface area contributed by atoms with E-state index in [0.29, 0.717) is 24.3 Å². The molecule has 4 unspecified atom stereocenters. The normalized spacial score (nSPS) is 28.4. The lowest BCUT2D eigenvalue weighted by Crippen LogP contribution is -2.44. The molecule has 0 N–H and O–H groups in total. The second kappa shape index (κ2) is 8.20. The first-order valence-electron chi connectivity index (χ1n) is 10.4. The molecule has 1 saturated heterocycles. The van der Waals surface area contributed by atoms with Crippen LogP contribution in [0.1, 0.15) is 80.1 Å². The van der Waals surface area contributed by atoms with Gasteiger partial charge in [-0.1, -0.05) is 34.6 Å². The minimum absolute atomic E-state index is 0.109. The largest absolute Gasteiger partial charge is 0.461 e. The van der Waals surface area contributed by atoms with Gasteiger partial charge in [-0.3, -0.25) is 4.79 Å². The van der Waals surface area contributed by atoms with Crippen LogP contribution >= 0.6 is 0 Å². The highest BCUT2D eigenvalue weighted by molar-refractivity contribution is 5.86. The number of amides is 1. The van der Waals surface area contributed by atoms with Gasteiger partial charge in [0.2, 0.25) is 5.91 Å². The third-order valence-electron chi connectivity index (χ3n) is 7.44. The zero-order valence-corrected chi connectivity index (χ0v) is 17.9. The molecule has 27 heavy (non-hydrogen) atoms. The molecule has 1 saturated carbocycles. The van der Waals surface area contributed by atoms with Gasteiger partial charge in [0, 0.05) is 18.9 Å². The van der Waals surface area contributed by atoms with E-state index in [0.717, 1.165) is 12.8 Å². The van der Waals surface area contributed by atoms with Gasteiger partial charge in [-0.2, -0.15) is 5.26 Å². The number of rotatable bonds is 6. The lowest BCUT2D eigenvalue weighted by atomic mass is 9.66. The van der Waals surface area contributed by atoms with Crippen molar-refractivity contribution in [2.75, 3.05) is 6.54 Å². The molecule has 2 aliphatic rings. The predicted octanol–water partition coefficient (Wildman–Crippen LogP) is 4.31. The second-order valence-electron chi connectivity index (χ2n) is 9.78. The van der Waals surface area contributed by atoms with Crippen molar-refractivity contribution >= 4 is 11.9 Å². The number of likely N-dealkylation sites (tertiary alicyclic amines) is 1. The van der Waals surface area contributed by atoms with Gasteiger partial charge in [0.05, 0.1) is 12.2 Å². The fraction of sp³-hybridized carbons (Fsp3) is 0.864. The molecule has 0 bridgehead atoms. The van der Waals surface area contributed by atoms with Crippen molar-refractivity contribution in [1.82, 2.24) is 4.90 Å². The van der Waals surface area contributed by atoms with E-state index in [1.807, 2.05) is 13.0 Å². The lowest BCUT2D eigenvalue weighted by Gasteiger charge is -2.40. The summed E-state index contributed by atoms with van der Waals surface area (Å²) < 4.78 is 5.78. The average molecular weight is 377 g/mol. The van der Waals surface area contributed by atoms with Crippen LogP contribution in [-0.4, -0.2) is 35.5 Å². The first-order valence-corrected chi connectivity index (χ1v) is 10.4. The molecular formula is C22H36N2O3. The van der Waals surface area contributed by atoms with Gasteiger partial charge in [-0.05, 0) is 55.8 Å². The topological polar surface area (TPSA) is 70.4 Å². The van der Waals surface area contributed by atoms with Crippen LogP contribution in [0.4, 0.5) is 0 Å². The van der Waals surface area contributed by atoms with E-state index in [9.17, 15) is 9.59 Å². The maximum absolute atomic E-state index is 12.7. The Hall–Kier alpha value is -1.57. The maximum atomic E-state index is 12.7. The highest BCUT2D eigenvalue weighted by Gasteiger charge is 2.48. The van der Waals surface area contributed by atoms with Crippen LogP contribution in [0.5, 0.6) is 0 Å². The van der Waals surface area contributed by atoms with Crippen LogP contribution in [0.15, 0.2) is 0 Å². The summed E-state index contributed by atoms with van der Waals surface area (Å²) >= 11 is 0. The van der Waals surface area contributed by atoms with E-state index < -0.39 is 6.04 Å². The zero-order chi connectivity index (χ0) is 20.4. The number of carbonyl (C=O) groups excluding carboxylic acids is 2. The van der Waals surface area contributed by atoms with Gasteiger partial charge in [0.1, 0.15) is 6.04 Å². The Morgan fingerprint density at radius 3 is 2.44 bits per heavy atom. The summed E-state index contributed by atoms with van der Waals surface area (Å²) in [6.07, 6.45) is 4.73. The molecule has 5 nitrogen and oxygen atoms in total. The molecule has 1 aliphatic carbocycles. The van der Waals surface area contributed by atoms with Crippen LogP contribution < -0.4 is 0 Å². The second-order valence-corrected chi connectivity index (χ2v) is 9.78. The highest BCUT2D eigenvalue weighted by atomic mass is 16.5. The summed E-state index contributed by atoms with van der Waals surface area (Å²) in [5, 5.41) is 8.82. The van der Waals surface area contributed by atoms with E-state index in [-0.39, 0.29) is 35.7 Å². The van der Waals surface area contributed by atoms with E-state index >= 15 is 0 Å². The van der Waals surface area contributed by atoms with Crippen molar-refractivity contribution in [2.24, 2.45) is 22.7 Å². The number of carbonyl (C=O) groups is 2. The molecule has 152 valence electrons. The first-order chi connectivity index (χ1) is 12.5. The molecule has 0 radical (unpaired) electrons. The quantitative estimate of drug-likeness (QED) is 0.648. The molecule has 4 atom stereocenters. The smallest absolute Gasteiger partial charge is 0.329 e. The van der Waals surface area contributed by atoms with E-state index in [2.05, 4.69) is 27.7 Å². The summed E-state index contributed by atoms with van der Waals surface area (Å²) in [6.45, 7) is 13.6. The van der Waals surface area contributed by atoms with E-state index in [1.165, 1.54) is 12.8 Å². The number of nitriles is 1. The number of nitrogens with zero attached hydrogens (tertiary/aromatic N) is 2. The molecule has 1 amide bonds. The van der Waals surface area contributed by atoms with E-state index in [1.54, 1.807) is 11.8 Å². The zero-order valence-electron chi connectivity index (χ0n) is 17.9. The Morgan fingerprint density at radius 1 is 1.22 bits per heavy atom. The number of ether oxygens (including phenoxy) is 1. The van der Waals surface area contributed by atoms with Crippen molar-refractivity contribution in [3.8, 4) is 6.07 Å². The molecule has 1 aliphatic heterocycles. The summed E-state index contributed by atoms with van der Waals surface area (Å²) in [6, 6.07) is 1.55. The Morgan fingerprint density at radius 2 is 1.89 bits per heavy atom.